The quantitative estimate of drug-likeness (QED) is 0.497. The Morgan fingerprint density at radius 2 is 2.00 bits per heavy atom. The van der Waals surface area contributed by atoms with E-state index in [-0.39, 0.29) is 34.2 Å². The van der Waals surface area contributed by atoms with Crippen molar-refractivity contribution in [2.24, 2.45) is 5.41 Å². The van der Waals surface area contributed by atoms with Gasteiger partial charge >= 0.3 is 7.60 Å². The number of anilines is 1. The summed E-state index contributed by atoms with van der Waals surface area (Å²) in [5.74, 6) is -0.128. The maximum Gasteiger partial charge on any atom is 0.363 e. The van der Waals surface area contributed by atoms with Gasteiger partial charge in [-0.05, 0) is 18.3 Å². The van der Waals surface area contributed by atoms with Gasteiger partial charge in [0, 0.05) is 12.6 Å². The molecule has 1 saturated carbocycles. The molecule has 0 unspecified atom stereocenters. The van der Waals surface area contributed by atoms with Crippen molar-refractivity contribution in [3.63, 3.8) is 0 Å². The molecule has 3 heterocycles. The van der Waals surface area contributed by atoms with E-state index in [1.807, 2.05) is 20.8 Å². The van der Waals surface area contributed by atoms with E-state index in [1.165, 1.54) is 6.33 Å². The third kappa shape index (κ3) is 4.46. The first-order chi connectivity index (χ1) is 14.5. The second-order valence-corrected chi connectivity index (χ2v) is 10.9. The van der Waals surface area contributed by atoms with Gasteiger partial charge in [0.15, 0.2) is 28.6 Å². The minimum absolute atomic E-state index is 0.0409. The molecule has 11 heteroatoms. The van der Waals surface area contributed by atoms with Crippen LogP contribution in [0, 0.1) is 5.41 Å². The molecule has 1 atom stereocenters. The highest BCUT2D eigenvalue weighted by molar-refractivity contribution is 7.61. The lowest BCUT2D eigenvalue weighted by Crippen LogP contribution is -2.20. The Morgan fingerprint density at radius 1 is 1.29 bits per heavy atom. The number of nitrogen functional groups attached to an aromatic ring is 1. The zero-order chi connectivity index (χ0) is 22.4. The molecule has 168 valence electrons. The Hall–Kier alpha value is -2.42. The Labute approximate surface area is 180 Å². The molecular formula is C20H28N5O5P. The second-order valence-electron chi connectivity index (χ2n) is 9.20. The molecule has 10 nitrogen and oxygen atoms in total. The molecule has 4 N–H and O–H groups in total. The highest BCUT2D eigenvalue weighted by Gasteiger charge is 2.36. The van der Waals surface area contributed by atoms with Crippen molar-refractivity contribution in [3.8, 4) is 17.5 Å². The van der Waals surface area contributed by atoms with Gasteiger partial charge in [0.25, 0.3) is 5.95 Å². The van der Waals surface area contributed by atoms with Crippen LogP contribution < -0.4 is 11.0 Å². The first-order valence-electron chi connectivity index (χ1n) is 10.4. The van der Waals surface area contributed by atoms with Crippen LogP contribution in [-0.4, -0.2) is 35.6 Å². The molecule has 1 aliphatic carbocycles. The van der Waals surface area contributed by atoms with Crippen molar-refractivity contribution in [2.75, 3.05) is 5.73 Å². The van der Waals surface area contributed by atoms with Crippen LogP contribution in [0.3, 0.4) is 0 Å². The van der Waals surface area contributed by atoms with Crippen LogP contribution in [0.2, 0.25) is 0 Å². The third-order valence-corrected chi connectivity index (χ3v) is 6.77. The molecule has 0 spiro atoms. The Morgan fingerprint density at radius 3 is 2.68 bits per heavy atom. The van der Waals surface area contributed by atoms with E-state index in [0.29, 0.717) is 17.7 Å². The molecule has 4 rings (SSSR count). The molecule has 1 fully saturated rings. The lowest BCUT2D eigenvalue weighted by molar-refractivity contribution is 0.140. The molecule has 0 saturated heterocycles. The normalized spacial score (nSPS) is 17.8. The van der Waals surface area contributed by atoms with Crippen molar-refractivity contribution in [1.29, 1.82) is 0 Å². The predicted molar refractivity (Wildman–Crippen MR) is 116 cm³/mol. The summed E-state index contributed by atoms with van der Waals surface area (Å²) < 4.78 is 26.1. The topological polar surface area (TPSA) is 150 Å². The summed E-state index contributed by atoms with van der Waals surface area (Å²) in [6.07, 6.45) is 5.46. The number of imidazole rings is 1. The molecule has 0 bridgehead atoms. The summed E-state index contributed by atoms with van der Waals surface area (Å²) in [6.45, 7) is 6.58. The zero-order valence-electron chi connectivity index (χ0n) is 17.9. The van der Waals surface area contributed by atoms with Crippen molar-refractivity contribution in [1.82, 2.24) is 19.5 Å². The fourth-order valence-corrected chi connectivity index (χ4v) is 5.32. The number of furan rings is 1. The van der Waals surface area contributed by atoms with E-state index in [9.17, 15) is 14.6 Å². The Bertz CT molecular complexity index is 1140. The van der Waals surface area contributed by atoms with Crippen molar-refractivity contribution in [3.05, 3.63) is 12.4 Å². The number of hydrogen-bond acceptors (Lipinski definition) is 8. The van der Waals surface area contributed by atoms with Gasteiger partial charge in [-0.2, -0.15) is 0 Å². The van der Waals surface area contributed by atoms with Gasteiger partial charge in [-0.15, -0.1) is 0 Å². The predicted octanol–water partition coefficient (Wildman–Crippen LogP) is 3.58. The zero-order valence-corrected chi connectivity index (χ0v) is 18.8. The number of nitrogens with two attached hydrogens (primary N) is 1. The molecule has 0 amide bonds. The van der Waals surface area contributed by atoms with E-state index >= 15 is 0 Å². The summed E-state index contributed by atoms with van der Waals surface area (Å²) in [5.41, 5.74) is 6.64. The standard InChI is InChI=1S/C20H28N5O5P/c1-20(2,3)10-25-18-15(17(21)22-11-23-18)24-19(25)16-13(9-14(26)29-16)31(27,28)30-12-7-5-4-6-8-12/h9,11-12,26H,4-8,10H2,1-3H3,(H,27,28)(H2,21,22,23). The van der Waals surface area contributed by atoms with Crippen LogP contribution in [-0.2, 0) is 15.6 Å². The molecule has 3 aromatic heterocycles. The monoisotopic (exact) mass is 449 g/mol. The molecule has 31 heavy (non-hydrogen) atoms. The van der Waals surface area contributed by atoms with Crippen molar-refractivity contribution >= 4 is 29.9 Å². The van der Waals surface area contributed by atoms with Crippen LogP contribution in [0.5, 0.6) is 5.95 Å². The maximum absolute atomic E-state index is 13.2. The molecule has 1 aliphatic rings. The largest absolute Gasteiger partial charge is 0.481 e. The smallest absolute Gasteiger partial charge is 0.363 e. The minimum Gasteiger partial charge on any atom is -0.481 e. The summed E-state index contributed by atoms with van der Waals surface area (Å²) >= 11 is 0. The van der Waals surface area contributed by atoms with E-state index in [1.54, 1.807) is 4.57 Å². The average Bonchev–Trinajstić information content (AvgIpc) is 3.23. The summed E-state index contributed by atoms with van der Waals surface area (Å²) in [5, 5.41) is 9.94. The first kappa shape index (κ1) is 21.8. The Kier molecular flexibility index (Phi) is 5.57. The molecule has 3 aromatic rings. The number of nitrogens with zero attached hydrogens (tertiary/aromatic N) is 4. The summed E-state index contributed by atoms with van der Waals surface area (Å²) in [6, 6.07) is 1.12. The van der Waals surface area contributed by atoms with Crippen molar-refractivity contribution < 1.29 is 23.5 Å². The van der Waals surface area contributed by atoms with Gasteiger partial charge in [-0.3, -0.25) is 4.57 Å². The van der Waals surface area contributed by atoms with E-state index < -0.39 is 13.5 Å². The maximum atomic E-state index is 13.2. The number of aromatic hydroxyl groups is 1. The van der Waals surface area contributed by atoms with E-state index in [0.717, 1.165) is 38.2 Å². The van der Waals surface area contributed by atoms with Crippen molar-refractivity contribution in [2.45, 2.75) is 65.5 Å². The average molecular weight is 449 g/mol. The van der Waals surface area contributed by atoms with Crippen LogP contribution >= 0.6 is 7.60 Å². The van der Waals surface area contributed by atoms with Crippen LogP contribution in [0.15, 0.2) is 16.8 Å². The highest BCUT2D eigenvalue weighted by atomic mass is 31.2. The third-order valence-electron chi connectivity index (χ3n) is 5.24. The van der Waals surface area contributed by atoms with Gasteiger partial charge in [0.2, 0.25) is 0 Å². The van der Waals surface area contributed by atoms with Gasteiger partial charge in [-0.1, -0.05) is 40.0 Å². The number of hydrogen-bond donors (Lipinski definition) is 3. The SMILES string of the molecule is CC(C)(C)Cn1c(-c2oc(O)cc2[P@@](=O)(O)OC2CCCCC2)nc2c(N)ncnc21. The van der Waals surface area contributed by atoms with Gasteiger partial charge < -0.3 is 29.2 Å². The van der Waals surface area contributed by atoms with E-state index in [2.05, 4.69) is 15.0 Å². The van der Waals surface area contributed by atoms with Gasteiger partial charge in [0.05, 0.1) is 6.10 Å². The number of aromatic nitrogens is 4. The molecule has 0 aliphatic heterocycles. The summed E-state index contributed by atoms with van der Waals surface area (Å²) in [4.78, 5) is 23.6. The molecule has 0 aromatic carbocycles. The van der Waals surface area contributed by atoms with Gasteiger partial charge in [-0.25, -0.2) is 15.0 Å². The highest BCUT2D eigenvalue weighted by Crippen LogP contribution is 2.49. The van der Waals surface area contributed by atoms with Gasteiger partial charge in [0.1, 0.15) is 11.6 Å². The summed E-state index contributed by atoms with van der Waals surface area (Å²) in [7, 11) is -4.30. The second kappa shape index (κ2) is 7.93. The number of fused-ring (bicyclic) bond motifs is 1. The van der Waals surface area contributed by atoms with Crippen LogP contribution in [0.25, 0.3) is 22.7 Å². The van der Waals surface area contributed by atoms with Crippen LogP contribution in [0.1, 0.15) is 52.9 Å². The lowest BCUT2D eigenvalue weighted by atomic mass is 9.97. The molecule has 0 radical (unpaired) electrons. The Balaban J connectivity index is 1.84. The minimum atomic E-state index is -4.30. The number of rotatable bonds is 5. The lowest BCUT2D eigenvalue weighted by Gasteiger charge is -2.24. The fraction of sp³-hybridized carbons (Fsp3) is 0.550. The molecular weight excluding hydrogens is 421 g/mol. The first-order valence-corrected chi connectivity index (χ1v) is 11.9. The van der Waals surface area contributed by atoms with E-state index in [4.69, 9.17) is 14.7 Å². The van der Waals surface area contributed by atoms with Crippen LogP contribution in [0.4, 0.5) is 5.82 Å². The fourth-order valence-electron chi connectivity index (χ4n) is 3.92.